The van der Waals surface area contributed by atoms with Gasteiger partial charge in [0.25, 0.3) is 0 Å². The fourth-order valence-electron chi connectivity index (χ4n) is 3.84. The molecule has 1 aliphatic heterocycles. The van der Waals surface area contributed by atoms with Crippen LogP contribution in [0.2, 0.25) is 0 Å². The van der Waals surface area contributed by atoms with Gasteiger partial charge < -0.3 is 15.4 Å². The quantitative estimate of drug-likeness (QED) is 0.386. The maximum absolute atomic E-state index is 12.2. The van der Waals surface area contributed by atoms with Crippen molar-refractivity contribution in [3.8, 4) is 0 Å². The minimum atomic E-state index is 0.131. The summed E-state index contributed by atoms with van der Waals surface area (Å²) in [5.41, 5.74) is 7.10. The second-order valence-corrected chi connectivity index (χ2v) is 7.24. The van der Waals surface area contributed by atoms with E-state index in [0.29, 0.717) is 25.1 Å². The molecule has 0 aliphatic carbocycles. The molecule has 6 nitrogen and oxygen atoms in total. The van der Waals surface area contributed by atoms with E-state index in [-0.39, 0.29) is 11.9 Å². The summed E-state index contributed by atoms with van der Waals surface area (Å²) in [4.78, 5) is 23.7. The van der Waals surface area contributed by atoms with Crippen LogP contribution in [-0.4, -0.2) is 48.1 Å². The Morgan fingerprint density at radius 1 is 1.29 bits per heavy atom. The van der Waals surface area contributed by atoms with Gasteiger partial charge in [-0.15, -0.1) is 0 Å². The Kier molecular flexibility index (Phi) is 5.50. The molecule has 3 heterocycles. The number of ether oxygens (including phenoxy) is 1. The highest BCUT2D eigenvalue weighted by molar-refractivity contribution is 6.11. The largest absolute Gasteiger partial charge is 0.376 e. The Balaban J connectivity index is 1.73. The molecule has 1 saturated heterocycles. The van der Waals surface area contributed by atoms with Crippen molar-refractivity contribution in [1.29, 1.82) is 0 Å². The van der Waals surface area contributed by atoms with Gasteiger partial charge in [-0.2, -0.15) is 0 Å². The first-order valence-electron chi connectivity index (χ1n) is 9.98. The van der Waals surface area contributed by atoms with E-state index in [2.05, 4.69) is 9.88 Å². The van der Waals surface area contributed by atoms with Crippen molar-refractivity contribution in [3.05, 3.63) is 42.2 Å². The topological polar surface area (TPSA) is 81.3 Å². The number of benzene rings is 1. The zero-order chi connectivity index (χ0) is 19.5. The van der Waals surface area contributed by atoms with Crippen LogP contribution >= 0.6 is 0 Å². The number of carbonyl (C=O) groups is 1. The van der Waals surface area contributed by atoms with Gasteiger partial charge in [0.1, 0.15) is 5.82 Å². The Morgan fingerprint density at radius 3 is 3.00 bits per heavy atom. The lowest BCUT2D eigenvalue weighted by Crippen LogP contribution is -2.24. The van der Waals surface area contributed by atoms with Crippen molar-refractivity contribution < 1.29 is 9.53 Å². The fourth-order valence-corrected chi connectivity index (χ4v) is 3.84. The molecule has 1 unspecified atom stereocenters. The summed E-state index contributed by atoms with van der Waals surface area (Å²) in [6.45, 7) is 4.95. The second-order valence-electron chi connectivity index (χ2n) is 7.24. The van der Waals surface area contributed by atoms with E-state index in [1.54, 1.807) is 6.20 Å². The van der Waals surface area contributed by atoms with Gasteiger partial charge in [0.05, 0.1) is 11.6 Å². The van der Waals surface area contributed by atoms with E-state index in [1.807, 2.05) is 37.4 Å². The number of hydrogen-bond acceptors (Lipinski definition) is 6. The number of rotatable bonds is 7. The normalized spacial score (nSPS) is 16.9. The number of fused-ring (bicyclic) bond motifs is 3. The number of Topliss-reactive ketones (excluding diaryl/α,β-unsaturated/α-hetero) is 1. The molecule has 2 aromatic heterocycles. The summed E-state index contributed by atoms with van der Waals surface area (Å²) < 4.78 is 5.95. The first-order valence-corrected chi connectivity index (χ1v) is 9.98. The van der Waals surface area contributed by atoms with Crippen molar-refractivity contribution in [2.24, 2.45) is 5.73 Å². The molecular weight excluding hydrogens is 352 g/mol. The predicted molar refractivity (Wildman–Crippen MR) is 112 cm³/mol. The Labute approximate surface area is 164 Å². The fraction of sp³-hybridized carbons (Fsp3) is 0.409. The molecule has 0 bridgehead atoms. The third-order valence-electron chi connectivity index (χ3n) is 5.37. The highest BCUT2D eigenvalue weighted by Gasteiger charge is 2.26. The number of ketones is 1. The monoisotopic (exact) mass is 378 g/mol. The molecule has 4 rings (SSSR count). The molecule has 0 spiro atoms. The lowest BCUT2D eigenvalue weighted by Gasteiger charge is -2.20. The van der Waals surface area contributed by atoms with Crippen LogP contribution < -0.4 is 10.6 Å². The van der Waals surface area contributed by atoms with Gasteiger partial charge in [-0.05, 0) is 31.5 Å². The molecule has 28 heavy (non-hydrogen) atoms. The zero-order valence-corrected chi connectivity index (χ0v) is 16.2. The van der Waals surface area contributed by atoms with Crippen LogP contribution in [0.25, 0.3) is 21.7 Å². The van der Waals surface area contributed by atoms with Gasteiger partial charge in [0, 0.05) is 60.2 Å². The lowest BCUT2D eigenvalue weighted by atomic mass is 10.0. The van der Waals surface area contributed by atoms with E-state index in [4.69, 9.17) is 15.5 Å². The van der Waals surface area contributed by atoms with E-state index in [9.17, 15) is 4.79 Å². The number of nitrogens with zero attached hydrogens (tertiary/aromatic N) is 3. The van der Waals surface area contributed by atoms with E-state index in [0.717, 1.165) is 53.4 Å². The number of hydrogen-bond donors (Lipinski definition) is 1. The van der Waals surface area contributed by atoms with Gasteiger partial charge in [-0.1, -0.05) is 19.1 Å². The second kappa shape index (κ2) is 8.20. The summed E-state index contributed by atoms with van der Waals surface area (Å²) in [5, 5.41) is 3.17. The molecule has 6 heteroatoms. The Bertz CT molecular complexity index is 1000. The Hall–Kier alpha value is -2.57. The lowest BCUT2D eigenvalue weighted by molar-refractivity contribution is 0.0676. The predicted octanol–water partition coefficient (Wildman–Crippen LogP) is 3.32. The zero-order valence-electron chi connectivity index (χ0n) is 16.2. The van der Waals surface area contributed by atoms with Crippen LogP contribution in [0.1, 0.15) is 36.5 Å². The number of carbonyl (C=O) groups excluding carboxylic acids is 1. The van der Waals surface area contributed by atoms with Gasteiger partial charge in [0.15, 0.2) is 5.78 Å². The van der Waals surface area contributed by atoms with Gasteiger partial charge >= 0.3 is 0 Å². The van der Waals surface area contributed by atoms with Crippen LogP contribution in [0.4, 0.5) is 5.82 Å². The average molecular weight is 378 g/mol. The van der Waals surface area contributed by atoms with Crippen LogP contribution in [0.5, 0.6) is 0 Å². The van der Waals surface area contributed by atoms with Gasteiger partial charge in [-0.25, -0.2) is 4.98 Å². The van der Waals surface area contributed by atoms with Crippen molar-refractivity contribution >= 4 is 33.3 Å². The maximum atomic E-state index is 12.2. The third kappa shape index (κ3) is 3.57. The molecule has 0 radical (unpaired) electrons. The molecule has 1 fully saturated rings. The van der Waals surface area contributed by atoms with E-state index >= 15 is 0 Å². The highest BCUT2D eigenvalue weighted by atomic mass is 16.5. The minimum Gasteiger partial charge on any atom is -0.376 e. The van der Waals surface area contributed by atoms with Crippen LogP contribution in [0.15, 0.2) is 36.7 Å². The molecule has 1 aliphatic rings. The molecule has 3 aromatic rings. The van der Waals surface area contributed by atoms with Crippen molar-refractivity contribution in [2.45, 2.75) is 32.3 Å². The summed E-state index contributed by atoms with van der Waals surface area (Å²) in [5.74, 6) is 1.07. The third-order valence-corrected chi connectivity index (χ3v) is 5.37. The van der Waals surface area contributed by atoms with Gasteiger partial charge in [0.2, 0.25) is 0 Å². The molecule has 146 valence electrons. The molecule has 0 amide bonds. The molecule has 1 atom stereocenters. The van der Waals surface area contributed by atoms with Crippen LogP contribution in [0.3, 0.4) is 0 Å². The number of anilines is 1. The van der Waals surface area contributed by atoms with E-state index < -0.39 is 0 Å². The van der Waals surface area contributed by atoms with Crippen LogP contribution in [0, 0.1) is 0 Å². The Morgan fingerprint density at radius 2 is 2.18 bits per heavy atom. The summed E-state index contributed by atoms with van der Waals surface area (Å²) >= 11 is 0. The van der Waals surface area contributed by atoms with Gasteiger partial charge in [-0.3, -0.25) is 9.78 Å². The highest BCUT2D eigenvalue weighted by Crippen LogP contribution is 2.33. The number of nitrogens with two attached hydrogens (primary N) is 1. The standard InChI is InChI=1S/C22H26N4O2/c1-2-21(27)15-4-5-17-19-13-24-9-6-18(19)22(25-20(17)12-15)26-10-7-16(14-26)28-11-3-8-23/h4-6,9,12-13,16H,2-3,7-8,10-11,14,23H2,1H3. The first-order chi connectivity index (χ1) is 13.7. The van der Waals surface area contributed by atoms with Crippen molar-refractivity contribution in [3.63, 3.8) is 0 Å². The minimum absolute atomic E-state index is 0.131. The molecule has 2 N–H and O–H groups in total. The van der Waals surface area contributed by atoms with E-state index in [1.165, 1.54) is 0 Å². The molecule has 0 saturated carbocycles. The SMILES string of the molecule is CCC(=O)c1ccc2c(c1)nc(N1CCC(OCCCN)C1)c1ccncc12. The molecular formula is C22H26N4O2. The number of aromatic nitrogens is 2. The van der Waals surface area contributed by atoms with Crippen molar-refractivity contribution in [1.82, 2.24) is 9.97 Å². The molecule has 1 aromatic carbocycles. The summed E-state index contributed by atoms with van der Waals surface area (Å²) in [6, 6.07) is 7.80. The van der Waals surface area contributed by atoms with Crippen LogP contribution in [-0.2, 0) is 4.74 Å². The average Bonchev–Trinajstić information content (AvgIpc) is 3.21. The first kappa shape index (κ1) is 18.8. The van der Waals surface area contributed by atoms with Crippen molar-refractivity contribution in [2.75, 3.05) is 31.1 Å². The summed E-state index contributed by atoms with van der Waals surface area (Å²) in [6.07, 6.45) is 6.24. The summed E-state index contributed by atoms with van der Waals surface area (Å²) in [7, 11) is 0. The number of pyridine rings is 2. The maximum Gasteiger partial charge on any atom is 0.162 e. The smallest absolute Gasteiger partial charge is 0.162 e.